The molecule has 2 heterocycles. The molecule has 1 aromatic carbocycles. The van der Waals surface area contributed by atoms with Crippen LogP contribution in [-0.2, 0) is 10.0 Å². The summed E-state index contributed by atoms with van der Waals surface area (Å²) in [6.45, 7) is 0.0997. The number of carbonyl (C=O) groups excluding carboxylic acids is 1. The minimum absolute atomic E-state index is 0.00209. The van der Waals surface area contributed by atoms with Crippen molar-refractivity contribution in [3.63, 3.8) is 0 Å². The first-order valence-electron chi connectivity index (χ1n) is 7.92. The number of nitrogens with two attached hydrogens (primary N) is 1. The molecule has 142 valence electrons. The number of hydrogen-bond acceptors (Lipinski definition) is 6. The molecule has 0 saturated heterocycles. The van der Waals surface area contributed by atoms with Crippen molar-refractivity contribution < 1.29 is 17.9 Å². The van der Waals surface area contributed by atoms with Crippen molar-refractivity contribution in [3.05, 3.63) is 64.6 Å². The number of hydrogen-bond donors (Lipinski definition) is 2. The number of aromatic nitrogens is 2. The summed E-state index contributed by atoms with van der Waals surface area (Å²) in [7, 11) is -2.49. The van der Waals surface area contributed by atoms with Crippen LogP contribution >= 0.6 is 11.3 Å². The maximum Gasteiger partial charge on any atom is 0.252 e. The van der Waals surface area contributed by atoms with Crippen LogP contribution in [0.4, 0.5) is 0 Å². The highest BCUT2D eigenvalue weighted by atomic mass is 32.2. The third-order valence-corrected chi connectivity index (χ3v) is 6.32. The Bertz CT molecular complexity index is 981. The van der Waals surface area contributed by atoms with Crippen LogP contribution in [-0.4, -0.2) is 37.8 Å². The van der Waals surface area contributed by atoms with Gasteiger partial charge in [-0.1, -0.05) is 6.07 Å². The molecule has 3 aromatic rings. The van der Waals surface area contributed by atoms with Crippen molar-refractivity contribution in [2.45, 2.75) is 10.9 Å². The van der Waals surface area contributed by atoms with E-state index in [1.165, 1.54) is 36.6 Å². The Kier molecular flexibility index (Phi) is 5.59. The lowest BCUT2D eigenvalue weighted by Gasteiger charge is -2.17. The maximum absolute atomic E-state index is 12.7. The standard InChI is InChI=1S/C17H18N4O4S2/c1-25-15-6-5-12(10-13(15)17(18)22)27(23,24)20-11-14(16-4-2-9-26-16)21-8-3-7-19-21/h2-10,14,20H,11H2,1H3,(H2,18,22). The Morgan fingerprint density at radius 2 is 2.19 bits per heavy atom. The molecule has 0 aliphatic carbocycles. The van der Waals surface area contributed by atoms with Crippen molar-refractivity contribution in [3.8, 4) is 5.75 Å². The topological polar surface area (TPSA) is 116 Å². The van der Waals surface area contributed by atoms with E-state index >= 15 is 0 Å². The van der Waals surface area contributed by atoms with E-state index in [1.807, 2.05) is 17.5 Å². The number of sulfonamides is 1. The molecule has 1 amide bonds. The van der Waals surface area contributed by atoms with Crippen LogP contribution in [0.15, 0.2) is 59.1 Å². The summed E-state index contributed by atoms with van der Waals surface area (Å²) in [5.74, 6) is -0.550. The lowest BCUT2D eigenvalue weighted by Crippen LogP contribution is -2.31. The highest BCUT2D eigenvalue weighted by Crippen LogP contribution is 2.24. The third kappa shape index (κ3) is 4.18. The van der Waals surface area contributed by atoms with E-state index < -0.39 is 15.9 Å². The van der Waals surface area contributed by atoms with Crippen LogP contribution in [0, 0.1) is 0 Å². The molecule has 0 radical (unpaired) electrons. The molecular weight excluding hydrogens is 388 g/mol. The van der Waals surface area contributed by atoms with Gasteiger partial charge in [-0.15, -0.1) is 11.3 Å². The molecule has 0 bridgehead atoms. The number of carbonyl (C=O) groups is 1. The monoisotopic (exact) mass is 406 g/mol. The van der Waals surface area contributed by atoms with E-state index in [0.717, 1.165) is 4.88 Å². The van der Waals surface area contributed by atoms with E-state index in [0.29, 0.717) is 0 Å². The van der Waals surface area contributed by atoms with Crippen LogP contribution in [0.3, 0.4) is 0 Å². The molecule has 8 nitrogen and oxygen atoms in total. The fourth-order valence-corrected chi connectivity index (χ4v) is 4.47. The third-order valence-electron chi connectivity index (χ3n) is 3.93. The highest BCUT2D eigenvalue weighted by molar-refractivity contribution is 7.89. The fourth-order valence-electron chi connectivity index (χ4n) is 2.59. The normalized spacial score (nSPS) is 12.6. The average molecular weight is 406 g/mol. The molecule has 0 saturated carbocycles. The second-order valence-electron chi connectivity index (χ2n) is 5.60. The molecule has 10 heteroatoms. The van der Waals surface area contributed by atoms with Gasteiger partial charge >= 0.3 is 0 Å². The zero-order valence-electron chi connectivity index (χ0n) is 14.4. The molecule has 2 aromatic heterocycles. The van der Waals surface area contributed by atoms with Gasteiger partial charge in [0.25, 0.3) is 5.91 Å². The van der Waals surface area contributed by atoms with Crippen LogP contribution < -0.4 is 15.2 Å². The van der Waals surface area contributed by atoms with E-state index in [4.69, 9.17) is 10.5 Å². The second kappa shape index (κ2) is 7.91. The molecule has 0 spiro atoms. The molecule has 27 heavy (non-hydrogen) atoms. The summed E-state index contributed by atoms with van der Waals surface area (Å²) in [4.78, 5) is 12.5. The van der Waals surface area contributed by atoms with Gasteiger partial charge in [-0.25, -0.2) is 13.1 Å². The lowest BCUT2D eigenvalue weighted by molar-refractivity contribution is 0.0997. The van der Waals surface area contributed by atoms with Gasteiger partial charge in [-0.2, -0.15) is 5.10 Å². The maximum atomic E-state index is 12.7. The number of thiophene rings is 1. The van der Waals surface area contributed by atoms with Crippen molar-refractivity contribution in [2.24, 2.45) is 5.73 Å². The smallest absolute Gasteiger partial charge is 0.252 e. The molecule has 0 fully saturated rings. The van der Waals surface area contributed by atoms with E-state index in [-0.39, 0.29) is 28.8 Å². The highest BCUT2D eigenvalue weighted by Gasteiger charge is 2.22. The molecular formula is C17H18N4O4S2. The Hall–Kier alpha value is -2.69. The van der Waals surface area contributed by atoms with Crippen LogP contribution in [0.25, 0.3) is 0 Å². The Balaban J connectivity index is 1.86. The van der Waals surface area contributed by atoms with Gasteiger partial charge in [0.15, 0.2) is 0 Å². The van der Waals surface area contributed by atoms with E-state index in [2.05, 4.69) is 9.82 Å². The first-order valence-corrected chi connectivity index (χ1v) is 10.3. The van der Waals surface area contributed by atoms with Gasteiger partial charge in [0.1, 0.15) is 5.75 Å². The van der Waals surface area contributed by atoms with Crippen LogP contribution in [0.1, 0.15) is 21.3 Å². The van der Waals surface area contributed by atoms with Crippen molar-refractivity contribution in [1.82, 2.24) is 14.5 Å². The summed E-state index contributed by atoms with van der Waals surface area (Å²) in [6.07, 6.45) is 3.41. The van der Waals surface area contributed by atoms with Gasteiger partial charge < -0.3 is 10.5 Å². The predicted molar refractivity (Wildman–Crippen MR) is 101 cm³/mol. The van der Waals surface area contributed by atoms with Crippen LogP contribution in [0.5, 0.6) is 5.75 Å². The zero-order chi connectivity index (χ0) is 19.4. The Morgan fingerprint density at radius 1 is 1.37 bits per heavy atom. The number of methoxy groups -OCH3 is 1. The first-order chi connectivity index (χ1) is 12.9. The summed E-state index contributed by atoms with van der Waals surface area (Å²) < 4.78 is 34.8. The Labute approximate surface area is 160 Å². The number of rotatable bonds is 8. The minimum Gasteiger partial charge on any atom is -0.496 e. The molecule has 3 N–H and O–H groups in total. The quantitative estimate of drug-likeness (QED) is 0.590. The first kappa shape index (κ1) is 19.1. The van der Waals surface area contributed by atoms with Crippen molar-refractivity contribution >= 4 is 27.3 Å². The van der Waals surface area contributed by atoms with E-state index in [1.54, 1.807) is 23.1 Å². The second-order valence-corrected chi connectivity index (χ2v) is 8.34. The summed E-state index contributed by atoms with van der Waals surface area (Å²) >= 11 is 1.51. The number of nitrogens with zero attached hydrogens (tertiary/aromatic N) is 2. The number of amides is 1. The molecule has 1 unspecified atom stereocenters. The largest absolute Gasteiger partial charge is 0.496 e. The van der Waals surface area contributed by atoms with Crippen molar-refractivity contribution in [1.29, 1.82) is 0 Å². The van der Waals surface area contributed by atoms with Gasteiger partial charge in [-0.3, -0.25) is 9.48 Å². The number of primary amides is 1. The molecule has 0 aliphatic heterocycles. The number of benzene rings is 1. The zero-order valence-corrected chi connectivity index (χ0v) is 16.0. The molecule has 1 atom stereocenters. The van der Waals surface area contributed by atoms with Gasteiger partial charge in [-0.05, 0) is 35.7 Å². The fraction of sp³-hybridized carbons (Fsp3) is 0.176. The predicted octanol–water partition coefficient (Wildman–Crippen LogP) is 1.62. The minimum atomic E-state index is -3.87. The Morgan fingerprint density at radius 3 is 2.78 bits per heavy atom. The van der Waals surface area contributed by atoms with Gasteiger partial charge in [0, 0.05) is 23.8 Å². The summed E-state index contributed by atoms with van der Waals surface area (Å²) in [5, 5.41) is 6.14. The van der Waals surface area contributed by atoms with E-state index in [9.17, 15) is 13.2 Å². The molecule has 0 aliphatic rings. The van der Waals surface area contributed by atoms with Crippen molar-refractivity contribution in [2.75, 3.05) is 13.7 Å². The number of ether oxygens (including phenoxy) is 1. The number of nitrogens with one attached hydrogen (secondary N) is 1. The van der Waals surface area contributed by atoms with Gasteiger partial charge in [0.2, 0.25) is 10.0 Å². The van der Waals surface area contributed by atoms with Gasteiger partial charge in [0.05, 0.1) is 23.6 Å². The lowest BCUT2D eigenvalue weighted by atomic mass is 10.2. The van der Waals surface area contributed by atoms with Crippen LogP contribution in [0.2, 0.25) is 0 Å². The summed E-state index contributed by atoms with van der Waals surface area (Å²) in [5.41, 5.74) is 5.31. The SMILES string of the molecule is COc1ccc(S(=O)(=O)NCC(c2cccs2)n2cccn2)cc1C(N)=O. The summed E-state index contributed by atoms with van der Waals surface area (Å²) in [6, 6.07) is 9.27. The molecule has 3 rings (SSSR count). The average Bonchev–Trinajstić information content (AvgIpc) is 3.35.